The Hall–Kier alpha value is -2.05. The van der Waals surface area contributed by atoms with E-state index < -0.39 is 0 Å². The number of anilines is 1. The van der Waals surface area contributed by atoms with E-state index in [4.69, 9.17) is 4.74 Å². The number of fused-ring (bicyclic) bond motifs is 4. The van der Waals surface area contributed by atoms with Gasteiger partial charge < -0.3 is 10.1 Å². The van der Waals surface area contributed by atoms with Gasteiger partial charge in [0.1, 0.15) is 5.82 Å². The van der Waals surface area contributed by atoms with E-state index in [1.165, 1.54) is 0 Å². The zero-order valence-corrected chi connectivity index (χ0v) is 15.8. The van der Waals surface area contributed by atoms with Crippen molar-refractivity contribution in [3.63, 3.8) is 0 Å². The summed E-state index contributed by atoms with van der Waals surface area (Å²) in [5.41, 5.74) is 3.15. The zero-order chi connectivity index (χ0) is 18.1. The lowest BCUT2D eigenvalue weighted by Gasteiger charge is -2.48. The average Bonchev–Trinajstić information content (AvgIpc) is 3.19. The third-order valence-electron chi connectivity index (χ3n) is 5.90. The smallest absolute Gasteiger partial charge is 0.133 e. The molecule has 2 aromatic heterocycles. The molecular formula is C20H20FN3OS. The van der Waals surface area contributed by atoms with E-state index in [9.17, 15) is 0 Å². The lowest BCUT2D eigenvalue weighted by molar-refractivity contribution is 0.0352. The maximum Gasteiger partial charge on any atom is 0.133 e. The topological polar surface area (TPSA) is 47.0 Å². The van der Waals surface area contributed by atoms with Gasteiger partial charge in [0, 0.05) is 39.6 Å². The Kier molecular flexibility index (Phi) is 3.25. The number of halogens is 1. The van der Waals surface area contributed by atoms with E-state index in [1.807, 2.05) is 11.4 Å². The molecule has 1 fully saturated rings. The molecule has 0 bridgehead atoms. The average molecular weight is 369 g/mol. The highest BCUT2D eigenvalue weighted by atomic mass is 32.1. The van der Waals surface area contributed by atoms with Crippen molar-refractivity contribution in [3.05, 3.63) is 41.3 Å². The Morgan fingerprint density at radius 3 is 2.85 bits per heavy atom. The molecule has 0 amide bonds. The molecule has 2 unspecified atom stereocenters. The van der Waals surface area contributed by atoms with Crippen LogP contribution in [0.15, 0.2) is 29.9 Å². The number of thiophene rings is 1. The minimum Gasteiger partial charge on any atom is -0.377 e. The third kappa shape index (κ3) is 2.09. The maximum atomic E-state index is 15.1. The molecule has 5 rings (SSSR count). The van der Waals surface area contributed by atoms with Crippen LogP contribution in [0.4, 0.5) is 10.1 Å². The third-order valence-corrected chi connectivity index (χ3v) is 6.83. The summed E-state index contributed by atoms with van der Waals surface area (Å²) in [6, 6.07) is 3.65. The van der Waals surface area contributed by atoms with Gasteiger partial charge in [-0.05, 0) is 38.0 Å². The highest BCUT2D eigenvalue weighted by Gasteiger charge is 2.53. The van der Waals surface area contributed by atoms with E-state index in [0.717, 1.165) is 39.9 Å². The van der Waals surface area contributed by atoms with Crippen molar-refractivity contribution >= 4 is 27.1 Å². The molecule has 2 atom stereocenters. The number of benzene rings is 1. The summed E-state index contributed by atoms with van der Waals surface area (Å²) >= 11 is 1.56. The fraction of sp³-hybridized carbons (Fsp3) is 0.400. The van der Waals surface area contributed by atoms with Crippen molar-refractivity contribution < 1.29 is 9.13 Å². The van der Waals surface area contributed by atoms with E-state index in [1.54, 1.807) is 29.8 Å². The molecule has 6 heteroatoms. The second kappa shape index (κ2) is 5.24. The molecule has 1 aromatic carbocycles. The summed E-state index contributed by atoms with van der Waals surface area (Å²) in [6.07, 6.45) is 4.44. The van der Waals surface area contributed by atoms with Gasteiger partial charge in [0.05, 0.1) is 28.7 Å². The van der Waals surface area contributed by atoms with Gasteiger partial charge in [-0.3, -0.25) is 0 Å². The quantitative estimate of drug-likeness (QED) is 0.672. The van der Waals surface area contributed by atoms with Crippen LogP contribution >= 0.6 is 11.3 Å². The van der Waals surface area contributed by atoms with Crippen LogP contribution in [-0.2, 0) is 10.2 Å². The van der Waals surface area contributed by atoms with Crippen molar-refractivity contribution in [2.24, 2.45) is 0 Å². The lowest BCUT2D eigenvalue weighted by atomic mass is 9.66. The molecule has 2 aliphatic heterocycles. The fourth-order valence-corrected chi connectivity index (χ4v) is 5.65. The molecule has 1 saturated heterocycles. The van der Waals surface area contributed by atoms with Crippen molar-refractivity contribution in [2.45, 2.75) is 44.2 Å². The Balaban J connectivity index is 1.74. The first-order valence-corrected chi connectivity index (χ1v) is 9.70. The second-order valence-electron chi connectivity index (χ2n) is 8.06. The number of aromatic nitrogens is 2. The van der Waals surface area contributed by atoms with Gasteiger partial charge >= 0.3 is 0 Å². The minimum absolute atomic E-state index is 0.0610. The van der Waals surface area contributed by atoms with Crippen LogP contribution < -0.4 is 5.32 Å². The molecule has 26 heavy (non-hydrogen) atoms. The number of ether oxygens (including phenoxy) is 1. The molecule has 134 valence electrons. The number of rotatable bonds is 1. The van der Waals surface area contributed by atoms with E-state index in [0.29, 0.717) is 5.56 Å². The minimum atomic E-state index is -0.239. The van der Waals surface area contributed by atoms with Gasteiger partial charge in [0.15, 0.2) is 0 Å². The van der Waals surface area contributed by atoms with Gasteiger partial charge in [0.2, 0.25) is 0 Å². The zero-order valence-electron chi connectivity index (χ0n) is 15.0. The van der Waals surface area contributed by atoms with Gasteiger partial charge in [-0.2, -0.15) is 10.2 Å². The maximum absolute atomic E-state index is 15.1. The highest BCUT2D eigenvalue weighted by Crippen LogP contribution is 2.51. The second-order valence-corrected chi connectivity index (χ2v) is 8.97. The summed E-state index contributed by atoms with van der Waals surface area (Å²) in [5.74, 6) is -0.218. The van der Waals surface area contributed by atoms with Crippen molar-refractivity contribution in [3.8, 4) is 11.1 Å². The summed E-state index contributed by atoms with van der Waals surface area (Å²) in [5, 5.41) is 14.3. The Morgan fingerprint density at radius 1 is 1.19 bits per heavy atom. The summed E-state index contributed by atoms with van der Waals surface area (Å²) < 4.78 is 22.2. The molecule has 0 spiro atoms. The van der Waals surface area contributed by atoms with Crippen LogP contribution in [0.3, 0.4) is 0 Å². The number of hydrogen-bond donors (Lipinski definition) is 1. The van der Waals surface area contributed by atoms with Crippen molar-refractivity contribution in [1.82, 2.24) is 10.2 Å². The van der Waals surface area contributed by atoms with E-state index in [-0.39, 0.29) is 22.9 Å². The monoisotopic (exact) mass is 369 g/mol. The highest BCUT2D eigenvalue weighted by molar-refractivity contribution is 7.17. The first-order chi connectivity index (χ1) is 12.4. The summed E-state index contributed by atoms with van der Waals surface area (Å²) in [4.78, 5) is 0. The van der Waals surface area contributed by atoms with Crippen molar-refractivity contribution in [1.29, 1.82) is 0 Å². The molecule has 2 aliphatic rings. The molecule has 4 heterocycles. The van der Waals surface area contributed by atoms with Crippen molar-refractivity contribution in [2.75, 3.05) is 11.9 Å². The van der Waals surface area contributed by atoms with Crippen LogP contribution in [0.25, 0.3) is 21.2 Å². The first kappa shape index (κ1) is 16.1. The van der Waals surface area contributed by atoms with Crippen LogP contribution in [0, 0.1) is 5.82 Å². The molecule has 1 N–H and O–H groups in total. The Bertz CT molecular complexity index is 1030. The number of hydrogen-bond acceptors (Lipinski definition) is 5. The van der Waals surface area contributed by atoms with Gasteiger partial charge in [-0.1, -0.05) is 6.92 Å². The van der Waals surface area contributed by atoms with Gasteiger partial charge in [-0.15, -0.1) is 11.3 Å². The standard InChI is InChI=1S/C20H20FN3OS/c1-19(2)18-20(3,4-5-25-18)14-6-11(15(21)7-16(14)24-19)13-10-26-17-9-23-22-8-12(13)17/h6-10,18,24H,4-5H2,1-3H3. The first-order valence-electron chi connectivity index (χ1n) is 8.82. The van der Waals surface area contributed by atoms with Crippen LogP contribution in [0.5, 0.6) is 0 Å². The molecule has 3 aromatic rings. The largest absolute Gasteiger partial charge is 0.377 e. The van der Waals surface area contributed by atoms with E-state index >= 15 is 4.39 Å². The van der Waals surface area contributed by atoms with Crippen LogP contribution in [-0.4, -0.2) is 28.4 Å². The molecule has 0 radical (unpaired) electrons. The summed E-state index contributed by atoms with van der Waals surface area (Å²) in [7, 11) is 0. The fourth-order valence-electron chi connectivity index (χ4n) is 4.75. The SMILES string of the molecule is CC1(C)Nc2cc(F)c(-c3csc4cnncc34)cc2C2(C)CCOC12. The van der Waals surface area contributed by atoms with Gasteiger partial charge in [0.25, 0.3) is 0 Å². The van der Waals surface area contributed by atoms with Crippen LogP contribution in [0.2, 0.25) is 0 Å². The van der Waals surface area contributed by atoms with Gasteiger partial charge in [-0.25, -0.2) is 4.39 Å². The Morgan fingerprint density at radius 2 is 2.00 bits per heavy atom. The number of nitrogens with zero attached hydrogens (tertiary/aromatic N) is 2. The van der Waals surface area contributed by atoms with Crippen LogP contribution in [0.1, 0.15) is 32.8 Å². The summed E-state index contributed by atoms with van der Waals surface area (Å²) in [6.45, 7) is 7.22. The molecule has 0 aliphatic carbocycles. The normalized spacial score (nSPS) is 26.4. The van der Waals surface area contributed by atoms with E-state index in [2.05, 4.69) is 36.3 Å². The molecule has 4 nitrogen and oxygen atoms in total. The predicted molar refractivity (Wildman–Crippen MR) is 102 cm³/mol. The predicted octanol–water partition coefficient (Wildman–Crippen LogP) is 4.75. The lowest BCUT2D eigenvalue weighted by Crippen LogP contribution is -2.56. The molecule has 0 saturated carbocycles. The number of nitrogens with one attached hydrogen (secondary N) is 1. The Labute approximate surface area is 155 Å². The molecular weight excluding hydrogens is 349 g/mol.